The Labute approximate surface area is 90.8 Å². The number of hydrogen-bond donors (Lipinski definition) is 2. The minimum absolute atomic E-state index is 0.0202. The van der Waals surface area contributed by atoms with E-state index in [9.17, 15) is 22.8 Å². The first-order chi connectivity index (χ1) is 7.18. The fourth-order valence-electron chi connectivity index (χ4n) is 1.03. The molecule has 0 aliphatic carbocycles. The average Bonchev–Trinajstić information content (AvgIpc) is 2.14. The summed E-state index contributed by atoms with van der Waals surface area (Å²) in [7, 11) is 0. The third kappa shape index (κ3) is 4.99. The molecule has 0 aromatic carbocycles. The van der Waals surface area contributed by atoms with Crippen molar-refractivity contribution < 1.29 is 27.9 Å². The van der Waals surface area contributed by atoms with Gasteiger partial charge in [0.2, 0.25) is 0 Å². The van der Waals surface area contributed by atoms with E-state index in [1.54, 1.807) is 13.8 Å². The van der Waals surface area contributed by atoms with Crippen LogP contribution >= 0.6 is 0 Å². The van der Waals surface area contributed by atoms with Gasteiger partial charge in [-0.1, -0.05) is 20.3 Å². The highest BCUT2D eigenvalue weighted by Gasteiger charge is 2.40. The zero-order valence-electron chi connectivity index (χ0n) is 8.97. The van der Waals surface area contributed by atoms with Crippen LogP contribution in [0.25, 0.3) is 0 Å². The van der Waals surface area contributed by atoms with E-state index in [-0.39, 0.29) is 12.3 Å². The number of alkyl halides is 3. The summed E-state index contributed by atoms with van der Waals surface area (Å²) in [6, 6.07) is -1.50. The summed E-state index contributed by atoms with van der Waals surface area (Å²) in [6.07, 6.45) is -4.44. The molecule has 7 heteroatoms. The van der Waals surface area contributed by atoms with Gasteiger partial charge in [0.15, 0.2) is 0 Å². The number of amides is 1. The summed E-state index contributed by atoms with van der Waals surface area (Å²) < 4.78 is 35.7. The predicted octanol–water partition coefficient (Wildman–Crippen LogP) is 1.55. The van der Waals surface area contributed by atoms with Crippen LogP contribution in [0.5, 0.6) is 0 Å². The van der Waals surface area contributed by atoms with Crippen molar-refractivity contribution in [1.82, 2.24) is 5.32 Å². The molecule has 0 rings (SSSR count). The van der Waals surface area contributed by atoms with Gasteiger partial charge in [-0.15, -0.1) is 0 Å². The number of carbonyl (C=O) groups excluding carboxylic acids is 1. The molecule has 2 N–H and O–H groups in total. The topological polar surface area (TPSA) is 66.4 Å². The number of carbonyl (C=O) groups is 2. The highest BCUT2D eigenvalue weighted by atomic mass is 19.4. The predicted molar refractivity (Wildman–Crippen MR) is 49.7 cm³/mol. The van der Waals surface area contributed by atoms with Crippen LogP contribution in [-0.2, 0) is 9.59 Å². The lowest BCUT2D eigenvalue weighted by molar-refractivity contribution is -0.175. The maximum Gasteiger partial charge on any atom is 0.471 e. The lowest BCUT2D eigenvalue weighted by atomic mass is 9.99. The van der Waals surface area contributed by atoms with Crippen molar-refractivity contribution in [3.05, 3.63) is 0 Å². The molecule has 0 spiro atoms. The van der Waals surface area contributed by atoms with E-state index in [2.05, 4.69) is 0 Å². The van der Waals surface area contributed by atoms with Crippen molar-refractivity contribution in [3.63, 3.8) is 0 Å². The van der Waals surface area contributed by atoms with Gasteiger partial charge in [-0.05, 0) is 12.3 Å². The molecule has 1 amide bonds. The fraction of sp³-hybridized carbons (Fsp3) is 0.778. The van der Waals surface area contributed by atoms with Crippen LogP contribution in [0.3, 0.4) is 0 Å². The molecule has 94 valence electrons. The van der Waals surface area contributed by atoms with Gasteiger partial charge in [-0.3, -0.25) is 4.79 Å². The second-order valence-electron chi connectivity index (χ2n) is 3.61. The third-order valence-corrected chi connectivity index (χ3v) is 2.20. The summed E-state index contributed by atoms with van der Waals surface area (Å²) in [5.41, 5.74) is 0. The van der Waals surface area contributed by atoms with Crippen LogP contribution in [0.15, 0.2) is 0 Å². The van der Waals surface area contributed by atoms with Crippen molar-refractivity contribution in [2.75, 3.05) is 0 Å². The summed E-state index contributed by atoms with van der Waals surface area (Å²) in [5.74, 6) is -3.75. The average molecular weight is 241 g/mol. The molecule has 0 aliphatic rings. The smallest absolute Gasteiger partial charge is 0.471 e. The standard InChI is InChI=1S/C9H14F3NO3/c1-3-5(2)4-6(7(14)15)13-8(16)9(10,11)12/h5-6H,3-4H2,1-2H3,(H,13,16)(H,14,15)/t5?,6-/m0/s1. The number of aliphatic carboxylic acids is 1. The van der Waals surface area contributed by atoms with Crippen molar-refractivity contribution in [2.45, 2.75) is 38.9 Å². The van der Waals surface area contributed by atoms with Crippen LogP contribution < -0.4 is 5.32 Å². The normalized spacial score (nSPS) is 15.3. The van der Waals surface area contributed by atoms with Gasteiger partial charge >= 0.3 is 18.1 Å². The van der Waals surface area contributed by atoms with Gasteiger partial charge in [0.05, 0.1) is 0 Å². The van der Waals surface area contributed by atoms with Crippen molar-refractivity contribution >= 4 is 11.9 Å². The lowest BCUT2D eigenvalue weighted by Gasteiger charge is -2.18. The maximum atomic E-state index is 11.9. The number of rotatable bonds is 5. The van der Waals surface area contributed by atoms with Gasteiger partial charge in [0.1, 0.15) is 6.04 Å². The first kappa shape index (κ1) is 14.7. The molecule has 0 aromatic rings. The molecule has 0 saturated heterocycles. The molecule has 0 radical (unpaired) electrons. The third-order valence-electron chi connectivity index (χ3n) is 2.20. The first-order valence-corrected chi connectivity index (χ1v) is 4.79. The van der Waals surface area contributed by atoms with Gasteiger partial charge in [0.25, 0.3) is 0 Å². The second kappa shape index (κ2) is 5.72. The minimum Gasteiger partial charge on any atom is -0.480 e. The molecule has 1 unspecified atom stereocenters. The number of carboxylic acid groups (broad SMARTS) is 1. The number of halogens is 3. The quantitative estimate of drug-likeness (QED) is 0.767. The van der Waals surface area contributed by atoms with E-state index >= 15 is 0 Å². The summed E-state index contributed by atoms with van der Waals surface area (Å²) in [6.45, 7) is 3.49. The monoisotopic (exact) mass is 241 g/mol. The van der Waals surface area contributed by atoms with Crippen LogP contribution in [-0.4, -0.2) is 29.2 Å². The van der Waals surface area contributed by atoms with E-state index in [0.29, 0.717) is 6.42 Å². The van der Waals surface area contributed by atoms with E-state index in [1.807, 2.05) is 0 Å². The fourth-order valence-corrected chi connectivity index (χ4v) is 1.03. The Morgan fingerprint density at radius 1 is 1.38 bits per heavy atom. The van der Waals surface area contributed by atoms with Crippen molar-refractivity contribution in [1.29, 1.82) is 0 Å². The van der Waals surface area contributed by atoms with Gasteiger partial charge < -0.3 is 10.4 Å². The lowest BCUT2D eigenvalue weighted by Crippen LogP contribution is -2.47. The van der Waals surface area contributed by atoms with Crippen LogP contribution in [0, 0.1) is 5.92 Å². The Morgan fingerprint density at radius 3 is 2.19 bits per heavy atom. The van der Waals surface area contributed by atoms with E-state index < -0.39 is 24.1 Å². The second-order valence-corrected chi connectivity index (χ2v) is 3.61. The molecule has 16 heavy (non-hydrogen) atoms. The van der Waals surface area contributed by atoms with Crippen molar-refractivity contribution in [2.24, 2.45) is 5.92 Å². The van der Waals surface area contributed by atoms with E-state index in [1.165, 1.54) is 5.32 Å². The number of hydrogen-bond acceptors (Lipinski definition) is 2. The zero-order chi connectivity index (χ0) is 12.9. The Balaban J connectivity index is 4.47. The number of nitrogens with one attached hydrogen (secondary N) is 1. The Morgan fingerprint density at radius 2 is 1.88 bits per heavy atom. The van der Waals surface area contributed by atoms with E-state index in [4.69, 9.17) is 5.11 Å². The number of carboxylic acids is 1. The molecule has 0 saturated carbocycles. The molecule has 0 bridgehead atoms. The SMILES string of the molecule is CCC(C)C[C@H](NC(=O)C(F)(F)F)C(=O)O. The summed E-state index contributed by atoms with van der Waals surface area (Å²) in [4.78, 5) is 21.2. The summed E-state index contributed by atoms with van der Waals surface area (Å²) in [5, 5.41) is 10.1. The molecule has 0 aromatic heterocycles. The molecule has 0 fully saturated rings. The van der Waals surface area contributed by atoms with Gasteiger partial charge in [0, 0.05) is 0 Å². The highest BCUT2D eigenvalue weighted by Crippen LogP contribution is 2.16. The molecule has 0 aliphatic heterocycles. The van der Waals surface area contributed by atoms with Crippen molar-refractivity contribution in [3.8, 4) is 0 Å². The minimum atomic E-state index is -5.05. The maximum absolute atomic E-state index is 11.9. The Hall–Kier alpha value is -1.27. The van der Waals surface area contributed by atoms with Crippen LogP contribution in [0.2, 0.25) is 0 Å². The zero-order valence-corrected chi connectivity index (χ0v) is 8.97. The molecule has 2 atom stereocenters. The largest absolute Gasteiger partial charge is 0.480 e. The van der Waals surface area contributed by atoms with Gasteiger partial charge in [-0.2, -0.15) is 13.2 Å². The van der Waals surface area contributed by atoms with E-state index in [0.717, 1.165) is 0 Å². The molecule has 0 heterocycles. The van der Waals surface area contributed by atoms with Crippen LogP contribution in [0.1, 0.15) is 26.7 Å². The highest BCUT2D eigenvalue weighted by molar-refractivity contribution is 5.86. The van der Waals surface area contributed by atoms with Gasteiger partial charge in [-0.25, -0.2) is 4.79 Å². The van der Waals surface area contributed by atoms with Crippen LogP contribution in [0.4, 0.5) is 13.2 Å². The first-order valence-electron chi connectivity index (χ1n) is 4.79. The Bertz CT molecular complexity index is 265. The Kier molecular flexibility index (Phi) is 5.26. The molecule has 4 nitrogen and oxygen atoms in total. The molecular weight excluding hydrogens is 227 g/mol. The summed E-state index contributed by atoms with van der Waals surface area (Å²) >= 11 is 0. The molecular formula is C9H14F3NO3.